The second-order valence-corrected chi connectivity index (χ2v) is 3.31. The molecule has 0 unspecified atom stereocenters. The molecule has 0 saturated heterocycles. The fourth-order valence-corrected chi connectivity index (χ4v) is 1.47. The summed E-state index contributed by atoms with van der Waals surface area (Å²) < 4.78 is 5.11. The monoisotopic (exact) mass is 225 g/mol. The van der Waals surface area contributed by atoms with E-state index in [1.807, 2.05) is 0 Å². The first-order chi connectivity index (χ1) is 7.10. The van der Waals surface area contributed by atoms with Gasteiger partial charge in [0.2, 0.25) is 0 Å². The third kappa shape index (κ3) is 2.47. The Labute approximate surface area is 93.2 Å². The van der Waals surface area contributed by atoms with E-state index in [1.165, 1.54) is 13.3 Å². The van der Waals surface area contributed by atoms with Gasteiger partial charge < -0.3 is 10.5 Å². The van der Waals surface area contributed by atoms with Crippen LogP contribution in [0.3, 0.4) is 0 Å². The van der Waals surface area contributed by atoms with Crippen LogP contribution in [0.15, 0.2) is 17.1 Å². The number of ether oxygens (including phenoxy) is 1. The highest BCUT2D eigenvalue weighted by Gasteiger charge is 2.11. The number of nitrogens with one attached hydrogen (secondary N) is 1. The van der Waals surface area contributed by atoms with E-state index in [-0.39, 0.29) is 5.71 Å². The van der Waals surface area contributed by atoms with Crippen LogP contribution in [-0.2, 0) is 0 Å². The molecule has 0 fully saturated rings. The zero-order chi connectivity index (χ0) is 11.4. The zero-order valence-corrected chi connectivity index (χ0v) is 9.30. The summed E-state index contributed by atoms with van der Waals surface area (Å²) in [5, 5.41) is 8.19. The van der Waals surface area contributed by atoms with Crippen LogP contribution in [0.2, 0.25) is 5.02 Å². The normalized spacial score (nSPS) is 10.6. The van der Waals surface area contributed by atoms with Gasteiger partial charge in [0.15, 0.2) is 5.75 Å². The Morgan fingerprint density at radius 3 is 2.80 bits per heavy atom. The number of rotatable bonds is 3. The fraction of sp³-hybridized carbons (Fsp3) is 0.200. The molecule has 0 atom stereocenters. The van der Waals surface area contributed by atoms with Crippen molar-refractivity contribution in [3.8, 4) is 5.75 Å². The van der Waals surface area contributed by atoms with Crippen LogP contribution in [0.1, 0.15) is 5.56 Å². The van der Waals surface area contributed by atoms with Crippen molar-refractivity contribution in [2.24, 2.45) is 4.99 Å². The van der Waals surface area contributed by atoms with E-state index >= 15 is 0 Å². The van der Waals surface area contributed by atoms with E-state index in [1.54, 1.807) is 19.2 Å². The predicted octanol–water partition coefficient (Wildman–Crippen LogP) is 2.00. The van der Waals surface area contributed by atoms with Crippen molar-refractivity contribution < 1.29 is 4.74 Å². The van der Waals surface area contributed by atoms with Crippen LogP contribution in [0.5, 0.6) is 5.75 Å². The minimum atomic E-state index is 0.212. The van der Waals surface area contributed by atoms with Gasteiger partial charge in [0.1, 0.15) is 0 Å². The molecule has 1 rings (SSSR count). The summed E-state index contributed by atoms with van der Waals surface area (Å²) in [6, 6.07) is 3.21. The Kier molecular flexibility index (Phi) is 3.68. The molecule has 5 heteroatoms. The van der Waals surface area contributed by atoms with E-state index in [0.29, 0.717) is 22.0 Å². The second-order valence-electron chi connectivity index (χ2n) is 2.88. The lowest BCUT2D eigenvalue weighted by atomic mass is 10.1. The van der Waals surface area contributed by atoms with Gasteiger partial charge in [-0.3, -0.25) is 10.4 Å². The number of benzene rings is 1. The number of hydrogen-bond acceptors (Lipinski definition) is 4. The van der Waals surface area contributed by atoms with Gasteiger partial charge in [0.05, 0.1) is 18.5 Å². The van der Waals surface area contributed by atoms with E-state index < -0.39 is 0 Å². The Morgan fingerprint density at radius 2 is 2.27 bits per heavy atom. The molecular weight excluding hydrogens is 214 g/mol. The SMILES string of the molecule is CN=CC(=N)c1cc(Cl)cc(N)c1OC. The van der Waals surface area contributed by atoms with E-state index in [2.05, 4.69) is 4.99 Å². The van der Waals surface area contributed by atoms with Crippen LogP contribution < -0.4 is 10.5 Å². The summed E-state index contributed by atoms with van der Waals surface area (Å²) in [4.78, 5) is 3.76. The van der Waals surface area contributed by atoms with Crippen molar-refractivity contribution in [3.05, 3.63) is 22.7 Å². The van der Waals surface area contributed by atoms with Crippen molar-refractivity contribution in [2.75, 3.05) is 19.9 Å². The Hall–Kier alpha value is -1.55. The molecule has 15 heavy (non-hydrogen) atoms. The Morgan fingerprint density at radius 1 is 1.60 bits per heavy atom. The molecule has 0 radical (unpaired) electrons. The molecule has 1 aromatic carbocycles. The fourth-order valence-electron chi connectivity index (χ4n) is 1.24. The molecule has 0 heterocycles. The zero-order valence-electron chi connectivity index (χ0n) is 8.54. The summed E-state index contributed by atoms with van der Waals surface area (Å²) >= 11 is 5.85. The number of nitrogens with zero attached hydrogens (tertiary/aromatic N) is 1. The molecule has 0 aliphatic rings. The molecule has 0 aromatic heterocycles. The minimum Gasteiger partial charge on any atom is -0.494 e. The van der Waals surface area contributed by atoms with Gasteiger partial charge in [-0.25, -0.2) is 0 Å². The lowest BCUT2D eigenvalue weighted by Gasteiger charge is -2.10. The van der Waals surface area contributed by atoms with Crippen LogP contribution in [0.4, 0.5) is 5.69 Å². The molecule has 3 N–H and O–H groups in total. The lowest BCUT2D eigenvalue weighted by molar-refractivity contribution is 0.416. The lowest BCUT2D eigenvalue weighted by Crippen LogP contribution is -2.05. The maximum atomic E-state index is 7.72. The molecule has 0 bridgehead atoms. The third-order valence-electron chi connectivity index (χ3n) is 1.83. The van der Waals surface area contributed by atoms with Gasteiger partial charge in [-0.1, -0.05) is 11.6 Å². The molecule has 80 valence electrons. The van der Waals surface area contributed by atoms with Crippen LogP contribution >= 0.6 is 11.6 Å². The average molecular weight is 226 g/mol. The third-order valence-corrected chi connectivity index (χ3v) is 2.05. The van der Waals surface area contributed by atoms with Gasteiger partial charge >= 0.3 is 0 Å². The van der Waals surface area contributed by atoms with Crippen molar-refractivity contribution in [1.82, 2.24) is 0 Å². The molecule has 0 aliphatic heterocycles. The highest BCUT2D eigenvalue weighted by molar-refractivity contribution is 6.39. The number of halogens is 1. The number of nitrogens with two attached hydrogens (primary N) is 1. The summed E-state index contributed by atoms with van der Waals surface area (Å²) in [5.41, 5.74) is 6.87. The van der Waals surface area contributed by atoms with Crippen molar-refractivity contribution in [1.29, 1.82) is 5.41 Å². The van der Waals surface area contributed by atoms with Gasteiger partial charge in [0, 0.05) is 23.8 Å². The second kappa shape index (κ2) is 4.79. The molecule has 0 spiro atoms. The van der Waals surface area contributed by atoms with Gasteiger partial charge in [0.25, 0.3) is 0 Å². The standard InChI is InChI=1S/C10H12ClN3O/c1-14-5-9(13)7-3-6(11)4-8(12)10(7)15-2/h3-5,13H,12H2,1-2H3. The average Bonchev–Trinajstić information content (AvgIpc) is 2.17. The van der Waals surface area contributed by atoms with Gasteiger partial charge in [-0.05, 0) is 12.1 Å². The maximum Gasteiger partial charge on any atom is 0.151 e. The number of aliphatic imine (C=N–C) groups is 1. The smallest absolute Gasteiger partial charge is 0.151 e. The van der Waals surface area contributed by atoms with Crippen LogP contribution in [-0.4, -0.2) is 26.1 Å². The topological polar surface area (TPSA) is 71.5 Å². The highest BCUT2D eigenvalue weighted by Crippen LogP contribution is 2.30. The molecule has 4 nitrogen and oxygen atoms in total. The summed E-state index contributed by atoms with van der Waals surface area (Å²) in [5.74, 6) is 0.448. The number of nitrogen functional groups attached to an aromatic ring is 1. The minimum absolute atomic E-state index is 0.212. The van der Waals surface area contributed by atoms with E-state index in [4.69, 9.17) is 27.5 Å². The van der Waals surface area contributed by atoms with E-state index in [9.17, 15) is 0 Å². The first kappa shape index (κ1) is 11.5. The van der Waals surface area contributed by atoms with Crippen molar-refractivity contribution in [2.45, 2.75) is 0 Å². The number of anilines is 1. The molecule has 0 amide bonds. The van der Waals surface area contributed by atoms with Crippen LogP contribution in [0.25, 0.3) is 0 Å². The quantitative estimate of drug-likeness (QED) is 0.610. The van der Waals surface area contributed by atoms with Crippen molar-refractivity contribution >= 4 is 29.2 Å². The molecule has 0 aliphatic carbocycles. The van der Waals surface area contributed by atoms with Crippen molar-refractivity contribution in [3.63, 3.8) is 0 Å². The molecule has 1 aromatic rings. The summed E-state index contributed by atoms with van der Waals surface area (Å²) in [7, 11) is 3.09. The first-order valence-corrected chi connectivity index (χ1v) is 4.62. The Bertz CT molecular complexity index is 415. The Balaban J connectivity index is 3.32. The largest absolute Gasteiger partial charge is 0.494 e. The van der Waals surface area contributed by atoms with Crippen LogP contribution in [0, 0.1) is 5.41 Å². The highest BCUT2D eigenvalue weighted by atomic mass is 35.5. The maximum absolute atomic E-state index is 7.72. The molecular formula is C10H12ClN3O. The summed E-state index contributed by atoms with van der Waals surface area (Å²) in [6.45, 7) is 0. The number of hydrogen-bond donors (Lipinski definition) is 2. The van der Waals surface area contributed by atoms with E-state index in [0.717, 1.165) is 0 Å². The van der Waals surface area contributed by atoms with Gasteiger partial charge in [-0.2, -0.15) is 0 Å². The first-order valence-electron chi connectivity index (χ1n) is 4.24. The summed E-state index contributed by atoms with van der Waals surface area (Å²) in [6.07, 6.45) is 1.41. The molecule has 0 saturated carbocycles. The number of methoxy groups -OCH3 is 1. The van der Waals surface area contributed by atoms with Gasteiger partial charge in [-0.15, -0.1) is 0 Å². The predicted molar refractivity (Wildman–Crippen MR) is 63.7 cm³/mol.